The van der Waals surface area contributed by atoms with Gasteiger partial charge < -0.3 is 19.4 Å². The smallest absolute Gasteiger partial charge is 0.410 e. The summed E-state index contributed by atoms with van der Waals surface area (Å²) in [7, 11) is 1.97. The minimum Gasteiger partial charge on any atom is -0.447 e. The van der Waals surface area contributed by atoms with Gasteiger partial charge in [-0.1, -0.05) is 0 Å². The monoisotopic (exact) mass is 504 g/mol. The van der Waals surface area contributed by atoms with Gasteiger partial charge in [0.15, 0.2) is 0 Å². The van der Waals surface area contributed by atoms with Crippen LogP contribution in [0.5, 0.6) is 0 Å². The molecule has 2 aliphatic carbocycles. The van der Waals surface area contributed by atoms with E-state index in [1.165, 1.54) is 12.8 Å². The lowest BCUT2D eigenvalue weighted by molar-refractivity contribution is -0.143. The summed E-state index contributed by atoms with van der Waals surface area (Å²) in [5.74, 6) is 1.64. The molecule has 0 aromatic rings. The second kappa shape index (κ2) is 11.7. The number of hydrogen-bond acceptors (Lipinski definition) is 5. The Labute approximate surface area is 217 Å². The lowest BCUT2D eigenvalue weighted by atomic mass is 9.68. The van der Waals surface area contributed by atoms with E-state index < -0.39 is 0 Å². The Balaban J connectivity index is 1.38. The van der Waals surface area contributed by atoms with Crippen molar-refractivity contribution in [1.29, 1.82) is 0 Å². The highest BCUT2D eigenvalue weighted by molar-refractivity contribution is 5.79. The summed E-state index contributed by atoms with van der Waals surface area (Å²) in [6.07, 6.45) is 10.2. The van der Waals surface area contributed by atoms with Gasteiger partial charge in [0, 0.05) is 32.5 Å². The van der Waals surface area contributed by atoms with Gasteiger partial charge in [-0.3, -0.25) is 14.9 Å². The van der Waals surface area contributed by atoms with E-state index in [4.69, 9.17) is 4.74 Å². The lowest BCUT2D eigenvalue weighted by Gasteiger charge is -2.54. The number of carbonyl (C=O) groups is 3. The van der Waals surface area contributed by atoms with E-state index in [2.05, 4.69) is 5.32 Å². The maximum atomic E-state index is 13.2. The molecule has 4 unspecified atom stereocenters. The summed E-state index contributed by atoms with van der Waals surface area (Å²) in [5, 5.41) is 3.50. The second-order valence-electron chi connectivity index (χ2n) is 12.1. The zero-order valence-corrected chi connectivity index (χ0v) is 23.1. The van der Waals surface area contributed by atoms with Crippen molar-refractivity contribution < 1.29 is 19.1 Å². The van der Waals surface area contributed by atoms with E-state index in [0.717, 1.165) is 57.9 Å². The molecule has 0 aromatic carbocycles. The Morgan fingerprint density at radius 1 is 0.944 bits per heavy atom. The third kappa shape index (κ3) is 5.84. The summed E-state index contributed by atoms with van der Waals surface area (Å²) in [4.78, 5) is 44.7. The van der Waals surface area contributed by atoms with E-state index in [-0.39, 0.29) is 48.3 Å². The molecule has 0 bridgehead atoms. The fourth-order valence-electron chi connectivity index (χ4n) is 7.55. The van der Waals surface area contributed by atoms with Gasteiger partial charge in [-0.05, 0) is 103 Å². The van der Waals surface area contributed by atoms with Gasteiger partial charge in [0.05, 0.1) is 24.4 Å². The minimum atomic E-state index is -0.246. The van der Waals surface area contributed by atoms with Gasteiger partial charge in [0.2, 0.25) is 11.8 Å². The normalized spacial score (nSPS) is 35.2. The third-order valence-electron chi connectivity index (χ3n) is 9.34. The molecule has 3 amide bonds. The highest BCUT2D eigenvalue weighted by Gasteiger charge is 2.48. The van der Waals surface area contributed by atoms with Gasteiger partial charge in [0.1, 0.15) is 0 Å². The van der Waals surface area contributed by atoms with Gasteiger partial charge in [-0.2, -0.15) is 0 Å². The summed E-state index contributed by atoms with van der Waals surface area (Å²) in [5.41, 5.74) is 0. The Bertz CT molecular complexity index is 790. The van der Waals surface area contributed by atoms with Crippen molar-refractivity contribution in [3.63, 3.8) is 0 Å². The number of nitrogens with one attached hydrogen (secondary N) is 1. The van der Waals surface area contributed by atoms with Crippen LogP contribution in [-0.4, -0.2) is 83.1 Å². The molecular formula is C28H48N4O4. The zero-order chi connectivity index (χ0) is 26.0. The van der Waals surface area contributed by atoms with Crippen LogP contribution in [0.25, 0.3) is 0 Å². The van der Waals surface area contributed by atoms with Crippen LogP contribution in [0.1, 0.15) is 91.9 Å². The van der Waals surface area contributed by atoms with Gasteiger partial charge >= 0.3 is 6.09 Å². The highest BCUT2D eigenvalue weighted by atomic mass is 16.6. The van der Waals surface area contributed by atoms with Crippen LogP contribution in [-0.2, 0) is 14.3 Å². The number of fused-ring (bicyclic) bond motifs is 1. The second-order valence-corrected chi connectivity index (χ2v) is 12.1. The summed E-state index contributed by atoms with van der Waals surface area (Å²) in [6, 6.07) is 0.0758. The SMILES string of the molecule is CC(=O)N1C2CCC(C3CCC(C(=O)N(C)C4CCCCN4)CC3)CC2N(C(=O)OC(C)C)C[C@@H]1C. The van der Waals surface area contributed by atoms with Crippen LogP contribution in [0.3, 0.4) is 0 Å². The van der Waals surface area contributed by atoms with Crippen LogP contribution >= 0.6 is 0 Å². The van der Waals surface area contributed by atoms with Crippen molar-refractivity contribution >= 4 is 17.9 Å². The molecule has 0 spiro atoms. The zero-order valence-electron chi connectivity index (χ0n) is 23.1. The fourth-order valence-corrected chi connectivity index (χ4v) is 7.55. The molecule has 5 atom stereocenters. The van der Waals surface area contributed by atoms with E-state index in [9.17, 15) is 14.4 Å². The topological polar surface area (TPSA) is 82.2 Å². The summed E-state index contributed by atoms with van der Waals surface area (Å²) >= 11 is 0. The first-order chi connectivity index (χ1) is 17.2. The number of hydrogen-bond donors (Lipinski definition) is 1. The Hall–Kier alpha value is -1.83. The van der Waals surface area contributed by atoms with Crippen molar-refractivity contribution in [2.75, 3.05) is 20.1 Å². The van der Waals surface area contributed by atoms with Crippen LogP contribution < -0.4 is 5.32 Å². The average molecular weight is 505 g/mol. The molecule has 204 valence electrons. The molecule has 2 saturated carbocycles. The molecule has 0 aromatic heterocycles. The molecular weight excluding hydrogens is 456 g/mol. The molecule has 2 aliphatic heterocycles. The first-order valence-electron chi connectivity index (χ1n) is 14.4. The van der Waals surface area contributed by atoms with E-state index >= 15 is 0 Å². The molecule has 0 radical (unpaired) electrons. The Morgan fingerprint density at radius 2 is 1.64 bits per heavy atom. The quantitative estimate of drug-likeness (QED) is 0.626. The molecule has 2 saturated heterocycles. The molecule has 1 N–H and O–H groups in total. The van der Waals surface area contributed by atoms with Crippen molar-refractivity contribution in [1.82, 2.24) is 20.0 Å². The number of rotatable bonds is 4. The standard InChI is InChI=1S/C28H48N4O4/c1-18(2)36-28(35)31-17-19(3)32(20(4)33)24-14-13-23(16-25(24)31)21-9-11-22(12-10-21)27(34)30(5)26-8-6-7-15-29-26/h18-19,21-26,29H,6-17H2,1-5H3/t19-,21?,22?,23?,24?,25?,26?/m0/s1. The van der Waals surface area contributed by atoms with Crippen molar-refractivity contribution in [2.24, 2.45) is 17.8 Å². The number of carbonyl (C=O) groups excluding carboxylic acids is 3. The molecule has 4 aliphatic rings. The molecule has 8 nitrogen and oxygen atoms in total. The van der Waals surface area contributed by atoms with Crippen molar-refractivity contribution in [2.45, 2.75) is 122 Å². The molecule has 36 heavy (non-hydrogen) atoms. The largest absolute Gasteiger partial charge is 0.447 e. The fraction of sp³-hybridized carbons (Fsp3) is 0.893. The Morgan fingerprint density at radius 3 is 2.25 bits per heavy atom. The molecule has 8 heteroatoms. The number of ether oxygens (including phenoxy) is 1. The number of amides is 3. The first-order valence-corrected chi connectivity index (χ1v) is 14.4. The van der Waals surface area contributed by atoms with Crippen molar-refractivity contribution in [3.8, 4) is 0 Å². The maximum absolute atomic E-state index is 13.2. The minimum absolute atomic E-state index is 0.00268. The van der Waals surface area contributed by atoms with Crippen molar-refractivity contribution in [3.05, 3.63) is 0 Å². The van der Waals surface area contributed by atoms with E-state index in [1.807, 2.05) is 42.5 Å². The third-order valence-corrected chi connectivity index (χ3v) is 9.34. The molecule has 4 fully saturated rings. The predicted molar refractivity (Wildman–Crippen MR) is 139 cm³/mol. The van der Waals surface area contributed by atoms with Crippen LogP contribution in [0.4, 0.5) is 4.79 Å². The number of piperidine rings is 1. The molecule has 4 rings (SSSR count). The van der Waals surface area contributed by atoms with E-state index in [1.54, 1.807) is 6.92 Å². The van der Waals surface area contributed by atoms with Crippen LogP contribution in [0.15, 0.2) is 0 Å². The van der Waals surface area contributed by atoms with Crippen LogP contribution in [0.2, 0.25) is 0 Å². The van der Waals surface area contributed by atoms with Gasteiger partial charge in [-0.15, -0.1) is 0 Å². The summed E-state index contributed by atoms with van der Waals surface area (Å²) < 4.78 is 5.61. The predicted octanol–water partition coefficient (Wildman–Crippen LogP) is 3.99. The van der Waals surface area contributed by atoms with E-state index in [0.29, 0.717) is 24.3 Å². The first kappa shape index (κ1) is 27.2. The lowest BCUT2D eigenvalue weighted by Crippen LogP contribution is -2.67. The van der Waals surface area contributed by atoms with Crippen LogP contribution in [0, 0.1) is 17.8 Å². The summed E-state index contributed by atoms with van der Waals surface area (Å²) in [6.45, 7) is 8.99. The molecule has 2 heterocycles. The highest BCUT2D eigenvalue weighted by Crippen LogP contribution is 2.44. The van der Waals surface area contributed by atoms with Gasteiger partial charge in [0.25, 0.3) is 0 Å². The average Bonchev–Trinajstić information content (AvgIpc) is 2.87. The maximum Gasteiger partial charge on any atom is 0.410 e. The number of nitrogens with zero attached hydrogens (tertiary/aromatic N) is 3. The number of piperazine rings is 1. The Kier molecular flexibility index (Phi) is 8.84. The van der Waals surface area contributed by atoms with Gasteiger partial charge in [-0.25, -0.2) is 4.79 Å².